The Bertz CT molecular complexity index is 542. The van der Waals surface area contributed by atoms with Crippen molar-refractivity contribution in [1.82, 2.24) is 10.6 Å². The van der Waals surface area contributed by atoms with Gasteiger partial charge in [-0.3, -0.25) is 10.1 Å². The summed E-state index contributed by atoms with van der Waals surface area (Å²) < 4.78 is 10.1. The van der Waals surface area contributed by atoms with E-state index in [1.165, 1.54) is 0 Å². The lowest BCUT2D eigenvalue weighted by atomic mass is 10.2. The van der Waals surface area contributed by atoms with E-state index in [-0.39, 0.29) is 6.04 Å². The number of hydrogen-bond acceptors (Lipinski definition) is 5. The van der Waals surface area contributed by atoms with Crippen molar-refractivity contribution in [3.63, 3.8) is 0 Å². The number of benzene rings is 1. The number of carbonyl (C=O) groups excluding carboxylic acids is 3. The summed E-state index contributed by atoms with van der Waals surface area (Å²) in [5, 5.41) is 4.66. The number of rotatable bonds is 7. The third kappa shape index (κ3) is 6.82. The van der Waals surface area contributed by atoms with Crippen molar-refractivity contribution in [2.75, 3.05) is 13.2 Å². The molecule has 7 heteroatoms. The van der Waals surface area contributed by atoms with Gasteiger partial charge in [0.1, 0.15) is 5.75 Å². The molecule has 0 saturated carbocycles. The van der Waals surface area contributed by atoms with Crippen molar-refractivity contribution in [2.24, 2.45) is 0 Å². The van der Waals surface area contributed by atoms with Crippen LogP contribution in [-0.2, 0) is 9.53 Å². The van der Waals surface area contributed by atoms with E-state index in [1.807, 2.05) is 20.8 Å². The van der Waals surface area contributed by atoms with Gasteiger partial charge in [-0.05, 0) is 44.5 Å². The van der Waals surface area contributed by atoms with Crippen LogP contribution in [0.25, 0.3) is 0 Å². The van der Waals surface area contributed by atoms with Gasteiger partial charge in [-0.15, -0.1) is 0 Å². The lowest BCUT2D eigenvalue weighted by Crippen LogP contribution is -2.44. The Morgan fingerprint density at radius 2 is 1.78 bits per heavy atom. The summed E-state index contributed by atoms with van der Waals surface area (Å²) in [5.74, 6) is -0.695. The first-order valence-electron chi connectivity index (χ1n) is 7.46. The molecule has 0 radical (unpaired) electrons. The first-order chi connectivity index (χ1) is 11.0. The van der Waals surface area contributed by atoms with Crippen LogP contribution in [0.4, 0.5) is 4.79 Å². The van der Waals surface area contributed by atoms with Gasteiger partial charge in [0, 0.05) is 6.04 Å². The Morgan fingerprint density at radius 3 is 2.35 bits per heavy atom. The standard InChI is InChI=1S/C16H22N2O5/c1-4-11(3)17-16(21)18-14(19)10-23-15(20)12-6-8-13(9-7-12)22-5-2/h6-9,11H,4-5,10H2,1-3H3,(H2,17,18,19,21)/t11-/m1/s1. The predicted molar refractivity (Wildman–Crippen MR) is 84.3 cm³/mol. The second kappa shape index (κ2) is 9.45. The Labute approximate surface area is 135 Å². The van der Waals surface area contributed by atoms with Gasteiger partial charge in [-0.2, -0.15) is 0 Å². The number of carbonyl (C=O) groups is 3. The maximum absolute atomic E-state index is 11.8. The lowest BCUT2D eigenvalue weighted by molar-refractivity contribution is -0.123. The van der Waals surface area contributed by atoms with Crippen molar-refractivity contribution in [3.8, 4) is 5.75 Å². The summed E-state index contributed by atoms with van der Waals surface area (Å²) >= 11 is 0. The van der Waals surface area contributed by atoms with E-state index in [0.29, 0.717) is 17.9 Å². The van der Waals surface area contributed by atoms with Crippen LogP contribution in [0.2, 0.25) is 0 Å². The highest BCUT2D eigenvalue weighted by atomic mass is 16.5. The highest BCUT2D eigenvalue weighted by molar-refractivity contribution is 5.97. The molecule has 0 unspecified atom stereocenters. The summed E-state index contributed by atoms with van der Waals surface area (Å²) in [7, 11) is 0. The molecule has 0 bridgehead atoms. The molecule has 0 aliphatic carbocycles. The van der Waals surface area contributed by atoms with Gasteiger partial charge < -0.3 is 14.8 Å². The Balaban J connectivity index is 2.40. The molecule has 1 atom stereocenters. The fourth-order valence-electron chi connectivity index (χ4n) is 1.59. The Hall–Kier alpha value is -2.57. The Kier molecular flexibility index (Phi) is 7.59. The minimum atomic E-state index is -0.690. The molecule has 1 rings (SSSR count). The SMILES string of the molecule is CCOc1ccc(C(=O)OCC(=O)NC(=O)N[C@H](C)CC)cc1. The number of amides is 3. The van der Waals surface area contributed by atoms with Crippen molar-refractivity contribution >= 4 is 17.9 Å². The second-order valence-electron chi connectivity index (χ2n) is 4.86. The summed E-state index contributed by atoms with van der Waals surface area (Å²) in [6, 6.07) is 5.71. The smallest absolute Gasteiger partial charge is 0.338 e. The molecular formula is C16H22N2O5. The molecule has 1 aromatic carbocycles. The van der Waals surface area contributed by atoms with Crippen LogP contribution in [0.5, 0.6) is 5.75 Å². The first kappa shape index (κ1) is 18.5. The van der Waals surface area contributed by atoms with Crippen LogP contribution in [0.3, 0.4) is 0 Å². The summed E-state index contributed by atoms with van der Waals surface area (Å²) in [4.78, 5) is 34.8. The quantitative estimate of drug-likeness (QED) is 0.747. The van der Waals surface area contributed by atoms with E-state index >= 15 is 0 Å². The van der Waals surface area contributed by atoms with Crippen LogP contribution in [0, 0.1) is 0 Å². The van der Waals surface area contributed by atoms with Crippen LogP contribution in [-0.4, -0.2) is 37.2 Å². The summed E-state index contributed by atoms with van der Waals surface area (Å²) in [5.41, 5.74) is 0.297. The molecule has 0 heterocycles. The highest BCUT2D eigenvalue weighted by Gasteiger charge is 2.13. The minimum absolute atomic E-state index is 0.0470. The second-order valence-corrected chi connectivity index (χ2v) is 4.86. The van der Waals surface area contributed by atoms with Gasteiger partial charge in [-0.1, -0.05) is 6.92 Å². The number of urea groups is 1. The number of hydrogen-bond donors (Lipinski definition) is 2. The molecule has 2 N–H and O–H groups in total. The van der Waals surface area contributed by atoms with E-state index in [9.17, 15) is 14.4 Å². The van der Waals surface area contributed by atoms with Crippen molar-refractivity contribution in [3.05, 3.63) is 29.8 Å². The molecule has 126 valence electrons. The molecule has 0 aliphatic heterocycles. The maximum atomic E-state index is 11.8. The Morgan fingerprint density at radius 1 is 1.13 bits per heavy atom. The summed E-state index contributed by atoms with van der Waals surface area (Å²) in [6.07, 6.45) is 0.744. The molecule has 0 spiro atoms. The molecule has 7 nitrogen and oxygen atoms in total. The molecule has 0 saturated heterocycles. The third-order valence-electron chi connectivity index (χ3n) is 2.98. The van der Waals surface area contributed by atoms with Gasteiger partial charge in [-0.25, -0.2) is 9.59 Å². The number of ether oxygens (including phenoxy) is 2. The molecule has 3 amide bonds. The van der Waals surface area contributed by atoms with Gasteiger partial charge in [0.15, 0.2) is 6.61 Å². The van der Waals surface area contributed by atoms with E-state index in [1.54, 1.807) is 24.3 Å². The van der Waals surface area contributed by atoms with Crippen LogP contribution in [0.15, 0.2) is 24.3 Å². The molecule has 0 fully saturated rings. The number of esters is 1. The fraction of sp³-hybridized carbons (Fsp3) is 0.438. The normalized spacial score (nSPS) is 11.3. The van der Waals surface area contributed by atoms with Gasteiger partial charge in [0.2, 0.25) is 0 Å². The minimum Gasteiger partial charge on any atom is -0.494 e. The van der Waals surface area contributed by atoms with Gasteiger partial charge in [0.05, 0.1) is 12.2 Å². The van der Waals surface area contributed by atoms with Crippen LogP contribution >= 0.6 is 0 Å². The largest absolute Gasteiger partial charge is 0.494 e. The van der Waals surface area contributed by atoms with Gasteiger partial charge >= 0.3 is 12.0 Å². The van der Waals surface area contributed by atoms with E-state index in [4.69, 9.17) is 9.47 Å². The lowest BCUT2D eigenvalue weighted by Gasteiger charge is -2.11. The molecular weight excluding hydrogens is 300 g/mol. The fourth-order valence-corrected chi connectivity index (χ4v) is 1.59. The zero-order valence-corrected chi connectivity index (χ0v) is 13.5. The molecule has 1 aromatic rings. The number of nitrogens with one attached hydrogen (secondary N) is 2. The first-order valence-corrected chi connectivity index (χ1v) is 7.46. The number of imide groups is 1. The highest BCUT2D eigenvalue weighted by Crippen LogP contribution is 2.12. The topological polar surface area (TPSA) is 93.7 Å². The van der Waals surface area contributed by atoms with E-state index in [0.717, 1.165) is 6.42 Å². The van der Waals surface area contributed by atoms with Crippen molar-refractivity contribution in [1.29, 1.82) is 0 Å². The zero-order valence-electron chi connectivity index (χ0n) is 13.5. The van der Waals surface area contributed by atoms with Crippen molar-refractivity contribution < 1.29 is 23.9 Å². The maximum Gasteiger partial charge on any atom is 0.338 e. The third-order valence-corrected chi connectivity index (χ3v) is 2.98. The van der Waals surface area contributed by atoms with E-state index < -0.39 is 24.5 Å². The van der Waals surface area contributed by atoms with Crippen molar-refractivity contribution in [2.45, 2.75) is 33.2 Å². The van der Waals surface area contributed by atoms with E-state index in [2.05, 4.69) is 10.6 Å². The average Bonchev–Trinajstić information content (AvgIpc) is 2.53. The van der Waals surface area contributed by atoms with Crippen LogP contribution in [0.1, 0.15) is 37.6 Å². The van der Waals surface area contributed by atoms with Crippen LogP contribution < -0.4 is 15.4 Å². The predicted octanol–water partition coefficient (Wildman–Crippen LogP) is 1.87. The average molecular weight is 322 g/mol. The molecule has 0 aliphatic rings. The zero-order chi connectivity index (χ0) is 17.2. The monoisotopic (exact) mass is 322 g/mol. The van der Waals surface area contributed by atoms with Gasteiger partial charge in [0.25, 0.3) is 5.91 Å². The molecule has 23 heavy (non-hydrogen) atoms. The molecule has 0 aromatic heterocycles. The summed E-state index contributed by atoms with van der Waals surface area (Å²) in [6.45, 7) is 5.59.